The van der Waals surface area contributed by atoms with E-state index in [1.165, 1.54) is 0 Å². The summed E-state index contributed by atoms with van der Waals surface area (Å²) in [5.41, 5.74) is 0.587. The molecule has 0 aliphatic carbocycles. The van der Waals surface area contributed by atoms with Gasteiger partial charge < -0.3 is 15.0 Å². The van der Waals surface area contributed by atoms with Crippen LogP contribution in [0, 0.1) is 5.92 Å². The van der Waals surface area contributed by atoms with Crippen LogP contribution >= 0.6 is 11.6 Å². The van der Waals surface area contributed by atoms with Gasteiger partial charge in [-0.2, -0.15) is 0 Å². The fourth-order valence-corrected chi connectivity index (χ4v) is 3.49. The summed E-state index contributed by atoms with van der Waals surface area (Å²) < 4.78 is 0. The van der Waals surface area contributed by atoms with Crippen LogP contribution in [0.4, 0.5) is 0 Å². The highest BCUT2D eigenvalue weighted by molar-refractivity contribution is 6.31. The molecule has 0 radical (unpaired) electrons. The van der Waals surface area contributed by atoms with E-state index in [0.29, 0.717) is 22.3 Å². The summed E-state index contributed by atoms with van der Waals surface area (Å²) in [5, 5.41) is 11.3. The molecule has 5 nitrogen and oxygen atoms in total. The molecule has 3 rings (SSSR count). The van der Waals surface area contributed by atoms with Gasteiger partial charge in [0.05, 0.1) is 10.6 Å². The Bertz CT molecular complexity index is 712. The third kappa shape index (κ3) is 3.85. The van der Waals surface area contributed by atoms with Crippen LogP contribution < -0.4 is 0 Å². The number of fused-ring (bicyclic) bond motifs is 1. The number of piperidine rings is 1. The van der Waals surface area contributed by atoms with E-state index >= 15 is 0 Å². The second-order valence-corrected chi connectivity index (χ2v) is 7.46. The van der Waals surface area contributed by atoms with Gasteiger partial charge in [0, 0.05) is 24.7 Å². The minimum absolute atomic E-state index is 0.000770. The molecule has 3 heterocycles. The van der Waals surface area contributed by atoms with Crippen LogP contribution in [0.2, 0.25) is 5.02 Å². The quantitative estimate of drug-likeness (QED) is 0.904. The van der Waals surface area contributed by atoms with E-state index in [2.05, 4.69) is 9.97 Å². The third-order valence-electron chi connectivity index (χ3n) is 4.36. The first-order valence-electron chi connectivity index (χ1n) is 7.98. The normalized spacial score (nSPS) is 17.0. The second-order valence-electron chi connectivity index (χ2n) is 7.03. The van der Waals surface area contributed by atoms with Crippen molar-refractivity contribution in [2.24, 2.45) is 5.92 Å². The number of H-pyrrole nitrogens is 1. The number of carbonyl (C=O) groups is 1. The van der Waals surface area contributed by atoms with Crippen LogP contribution in [-0.4, -0.2) is 44.6 Å². The van der Waals surface area contributed by atoms with Crippen LogP contribution in [0.1, 0.15) is 43.6 Å². The maximum Gasteiger partial charge on any atom is 0.270 e. The van der Waals surface area contributed by atoms with E-state index in [9.17, 15) is 9.90 Å². The van der Waals surface area contributed by atoms with Crippen molar-refractivity contribution in [3.63, 3.8) is 0 Å². The molecule has 1 amide bonds. The molecular formula is C17H22ClN3O2. The number of nitrogens with zero attached hydrogens (tertiary/aromatic N) is 2. The maximum absolute atomic E-state index is 12.6. The number of aromatic nitrogens is 2. The van der Waals surface area contributed by atoms with Crippen molar-refractivity contribution in [2.75, 3.05) is 13.1 Å². The highest BCUT2D eigenvalue weighted by Crippen LogP contribution is 2.27. The SMILES string of the molecule is CC(C)(O)CC1CCN(C(=O)c2cc3cc(Cl)cnc3[nH]2)CC1. The van der Waals surface area contributed by atoms with Gasteiger partial charge in [-0.05, 0) is 51.2 Å². The van der Waals surface area contributed by atoms with Gasteiger partial charge in [-0.3, -0.25) is 4.79 Å². The Morgan fingerprint density at radius 3 is 2.78 bits per heavy atom. The Hall–Kier alpha value is -1.59. The van der Waals surface area contributed by atoms with Gasteiger partial charge in [0.15, 0.2) is 0 Å². The minimum atomic E-state index is -0.640. The van der Waals surface area contributed by atoms with Crippen molar-refractivity contribution in [3.05, 3.63) is 29.0 Å². The molecule has 0 bridgehead atoms. The monoisotopic (exact) mass is 335 g/mol. The largest absolute Gasteiger partial charge is 0.390 e. The van der Waals surface area contributed by atoms with Gasteiger partial charge in [0.25, 0.3) is 5.91 Å². The van der Waals surface area contributed by atoms with Crippen LogP contribution in [-0.2, 0) is 0 Å². The molecule has 2 aromatic heterocycles. The minimum Gasteiger partial charge on any atom is -0.390 e. The van der Waals surface area contributed by atoms with Crippen LogP contribution in [0.15, 0.2) is 18.3 Å². The third-order valence-corrected chi connectivity index (χ3v) is 4.56. The van der Waals surface area contributed by atoms with Gasteiger partial charge in [-0.1, -0.05) is 11.6 Å². The number of rotatable bonds is 3. The fourth-order valence-electron chi connectivity index (χ4n) is 3.32. The molecule has 0 saturated carbocycles. The maximum atomic E-state index is 12.6. The number of carbonyl (C=O) groups excluding carboxylic acids is 1. The highest BCUT2D eigenvalue weighted by Gasteiger charge is 2.28. The number of hydrogen-bond donors (Lipinski definition) is 2. The Balaban J connectivity index is 1.66. The molecule has 124 valence electrons. The summed E-state index contributed by atoms with van der Waals surface area (Å²) in [6, 6.07) is 3.60. The Kier molecular flexibility index (Phi) is 4.34. The number of nitrogens with one attached hydrogen (secondary N) is 1. The van der Waals surface area contributed by atoms with Gasteiger partial charge in [0.2, 0.25) is 0 Å². The number of pyridine rings is 1. The molecule has 0 atom stereocenters. The molecule has 1 fully saturated rings. The first-order chi connectivity index (χ1) is 10.8. The van der Waals surface area contributed by atoms with Gasteiger partial charge in [-0.25, -0.2) is 4.98 Å². The van der Waals surface area contributed by atoms with Crippen LogP contribution in [0.25, 0.3) is 11.0 Å². The standard InChI is InChI=1S/C17H22ClN3O2/c1-17(2,23)9-11-3-5-21(6-4-11)16(22)14-8-12-7-13(18)10-19-15(12)20-14/h7-8,10-11,23H,3-6,9H2,1-2H3,(H,19,20). The Labute approximate surface area is 140 Å². The summed E-state index contributed by atoms with van der Waals surface area (Å²) in [7, 11) is 0. The molecular weight excluding hydrogens is 314 g/mol. The molecule has 1 aliphatic heterocycles. The lowest BCUT2D eigenvalue weighted by Gasteiger charge is -2.34. The zero-order valence-electron chi connectivity index (χ0n) is 13.5. The molecule has 0 aromatic carbocycles. The number of amides is 1. The first kappa shape index (κ1) is 16.3. The summed E-state index contributed by atoms with van der Waals surface area (Å²) in [6.45, 7) is 5.13. The highest BCUT2D eigenvalue weighted by atomic mass is 35.5. The van der Waals surface area contributed by atoms with Crippen molar-refractivity contribution >= 4 is 28.5 Å². The predicted molar refractivity (Wildman–Crippen MR) is 90.6 cm³/mol. The summed E-state index contributed by atoms with van der Waals surface area (Å²) in [6.07, 6.45) is 4.21. The Morgan fingerprint density at radius 1 is 1.43 bits per heavy atom. The smallest absolute Gasteiger partial charge is 0.270 e. The lowest BCUT2D eigenvalue weighted by molar-refractivity contribution is 0.0357. The lowest BCUT2D eigenvalue weighted by Crippen LogP contribution is -2.40. The zero-order valence-corrected chi connectivity index (χ0v) is 14.2. The van der Waals surface area contributed by atoms with Crippen molar-refractivity contribution in [1.29, 1.82) is 0 Å². The fraction of sp³-hybridized carbons (Fsp3) is 0.529. The van der Waals surface area contributed by atoms with E-state index in [1.54, 1.807) is 18.3 Å². The van der Waals surface area contributed by atoms with Crippen LogP contribution in [0.3, 0.4) is 0 Å². The molecule has 0 unspecified atom stereocenters. The van der Waals surface area contributed by atoms with E-state index < -0.39 is 5.60 Å². The summed E-state index contributed by atoms with van der Waals surface area (Å²) >= 11 is 5.93. The zero-order chi connectivity index (χ0) is 16.6. The second kappa shape index (κ2) is 6.13. The number of aromatic amines is 1. The van der Waals surface area contributed by atoms with Gasteiger partial charge in [-0.15, -0.1) is 0 Å². The molecule has 2 N–H and O–H groups in total. The molecule has 23 heavy (non-hydrogen) atoms. The predicted octanol–water partition coefficient (Wildman–Crippen LogP) is 3.23. The van der Waals surface area contributed by atoms with E-state index in [0.717, 1.165) is 37.7 Å². The average molecular weight is 336 g/mol. The molecule has 2 aromatic rings. The molecule has 1 aliphatic rings. The average Bonchev–Trinajstić information content (AvgIpc) is 2.88. The van der Waals surface area contributed by atoms with Gasteiger partial charge in [0.1, 0.15) is 11.3 Å². The van der Waals surface area contributed by atoms with E-state index in [-0.39, 0.29) is 5.91 Å². The molecule has 6 heteroatoms. The van der Waals surface area contributed by atoms with Crippen molar-refractivity contribution < 1.29 is 9.90 Å². The number of hydrogen-bond acceptors (Lipinski definition) is 3. The van der Waals surface area contributed by atoms with Crippen molar-refractivity contribution in [3.8, 4) is 0 Å². The lowest BCUT2D eigenvalue weighted by atomic mass is 9.86. The van der Waals surface area contributed by atoms with E-state index in [1.807, 2.05) is 18.7 Å². The number of likely N-dealkylation sites (tertiary alicyclic amines) is 1. The van der Waals surface area contributed by atoms with Crippen LogP contribution in [0.5, 0.6) is 0 Å². The summed E-state index contributed by atoms with van der Waals surface area (Å²) in [5.74, 6) is 0.475. The number of aliphatic hydroxyl groups is 1. The number of halogens is 1. The first-order valence-corrected chi connectivity index (χ1v) is 8.35. The summed E-state index contributed by atoms with van der Waals surface area (Å²) in [4.78, 5) is 21.8. The Morgan fingerprint density at radius 2 is 2.13 bits per heavy atom. The van der Waals surface area contributed by atoms with Crippen molar-refractivity contribution in [1.82, 2.24) is 14.9 Å². The van der Waals surface area contributed by atoms with E-state index in [4.69, 9.17) is 11.6 Å². The molecule has 1 saturated heterocycles. The van der Waals surface area contributed by atoms with Crippen molar-refractivity contribution in [2.45, 2.75) is 38.7 Å². The molecule has 0 spiro atoms. The van der Waals surface area contributed by atoms with Gasteiger partial charge >= 0.3 is 0 Å². The topological polar surface area (TPSA) is 69.2 Å².